The van der Waals surface area contributed by atoms with Crippen LogP contribution in [0.2, 0.25) is 0 Å². The fourth-order valence-electron chi connectivity index (χ4n) is 3.27. The molecular formula is C22H23N3O4. The zero-order valence-corrected chi connectivity index (χ0v) is 16.5. The van der Waals surface area contributed by atoms with Gasteiger partial charge in [0.15, 0.2) is 0 Å². The fraction of sp³-hybridized carbons (Fsp3) is 0.318. The van der Waals surface area contributed by atoms with Crippen molar-refractivity contribution in [1.29, 1.82) is 0 Å². The van der Waals surface area contributed by atoms with Crippen LogP contribution in [0.25, 0.3) is 10.8 Å². The first kappa shape index (κ1) is 19.3. The number of ether oxygens (including phenoxy) is 3. The second-order valence-electron chi connectivity index (χ2n) is 7.06. The minimum Gasteiger partial charge on any atom is -0.474 e. The van der Waals surface area contributed by atoms with E-state index in [1.165, 1.54) is 0 Å². The molecule has 1 fully saturated rings. The van der Waals surface area contributed by atoms with Crippen LogP contribution in [-0.4, -0.2) is 48.4 Å². The normalized spacial score (nSPS) is 16.6. The van der Waals surface area contributed by atoms with E-state index in [1.54, 1.807) is 18.5 Å². The summed E-state index contributed by atoms with van der Waals surface area (Å²) in [6.45, 7) is 6.00. The number of aromatic nitrogens is 2. The van der Waals surface area contributed by atoms with Crippen molar-refractivity contribution < 1.29 is 19.0 Å². The smallest absolute Gasteiger partial charge is 0.274 e. The van der Waals surface area contributed by atoms with E-state index in [2.05, 4.69) is 15.3 Å². The van der Waals surface area contributed by atoms with E-state index in [0.29, 0.717) is 43.7 Å². The quantitative estimate of drug-likeness (QED) is 0.716. The van der Waals surface area contributed by atoms with Gasteiger partial charge in [0.1, 0.15) is 18.4 Å². The predicted molar refractivity (Wildman–Crippen MR) is 109 cm³/mol. The summed E-state index contributed by atoms with van der Waals surface area (Å²) in [5.74, 6) is 0.302. The minimum absolute atomic E-state index is 0.0957. The van der Waals surface area contributed by atoms with E-state index in [1.807, 2.05) is 38.1 Å². The lowest BCUT2D eigenvalue weighted by Crippen LogP contribution is -2.33. The van der Waals surface area contributed by atoms with Crippen LogP contribution in [0.3, 0.4) is 0 Å². The molecule has 29 heavy (non-hydrogen) atoms. The summed E-state index contributed by atoms with van der Waals surface area (Å²) in [4.78, 5) is 21.0. The fourth-order valence-corrected chi connectivity index (χ4v) is 3.27. The highest BCUT2D eigenvalue weighted by atomic mass is 16.6. The standard InChI is InChI=1S/C22H23N3O4/c1-14-3-4-19(24-11-14)21(26)25-17-9-15(2)20-16(10-17)5-6-23-22(20)29-13-18-12-27-7-8-28-18/h3-6,9-11,18H,7-8,12-13H2,1-2H3,(H,25,26). The second-order valence-corrected chi connectivity index (χ2v) is 7.06. The van der Waals surface area contributed by atoms with Crippen molar-refractivity contribution in [3.63, 3.8) is 0 Å². The van der Waals surface area contributed by atoms with Crippen molar-refractivity contribution in [3.05, 3.63) is 59.5 Å². The number of rotatable bonds is 5. The highest BCUT2D eigenvalue weighted by Gasteiger charge is 2.17. The van der Waals surface area contributed by atoms with Crippen molar-refractivity contribution in [2.45, 2.75) is 20.0 Å². The van der Waals surface area contributed by atoms with Crippen LogP contribution in [-0.2, 0) is 9.47 Å². The lowest BCUT2D eigenvalue weighted by atomic mass is 10.1. The Labute approximate surface area is 169 Å². The topological polar surface area (TPSA) is 82.6 Å². The average Bonchev–Trinajstić information content (AvgIpc) is 2.73. The van der Waals surface area contributed by atoms with E-state index in [4.69, 9.17) is 14.2 Å². The molecule has 1 aliphatic heterocycles. The van der Waals surface area contributed by atoms with Crippen molar-refractivity contribution in [3.8, 4) is 5.88 Å². The molecule has 0 saturated carbocycles. The van der Waals surface area contributed by atoms with E-state index >= 15 is 0 Å². The Hall–Kier alpha value is -3.03. The molecule has 7 heteroatoms. The first-order valence-electron chi connectivity index (χ1n) is 9.55. The zero-order chi connectivity index (χ0) is 20.2. The lowest BCUT2D eigenvalue weighted by molar-refractivity contribution is -0.101. The monoisotopic (exact) mass is 393 g/mol. The van der Waals surface area contributed by atoms with E-state index in [9.17, 15) is 4.79 Å². The highest BCUT2D eigenvalue weighted by molar-refractivity contribution is 6.04. The number of fused-ring (bicyclic) bond motifs is 1. The van der Waals surface area contributed by atoms with Gasteiger partial charge < -0.3 is 19.5 Å². The summed E-state index contributed by atoms with van der Waals surface area (Å²) in [5.41, 5.74) is 3.04. The van der Waals surface area contributed by atoms with Crippen LogP contribution in [0.15, 0.2) is 42.7 Å². The van der Waals surface area contributed by atoms with E-state index in [-0.39, 0.29) is 12.0 Å². The van der Waals surface area contributed by atoms with Crippen molar-refractivity contribution in [1.82, 2.24) is 9.97 Å². The maximum absolute atomic E-state index is 12.5. The van der Waals surface area contributed by atoms with Crippen LogP contribution in [0.4, 0.5) is 5.69 Å². The Balaban J connectivity index is 1.53. The summed E-state index contributed by atoms with van der Waals surface area (Å²) in [6, 6.07) is 9.29. The van der Waals surface area contributed by atoms with Crippen LogP contribution in [0.1, 0.15) is 21.6 Å². The van der Waals surface area contributed by atoms with Gasteiger partial charge in [-0.15, -0.1) is 0 Å². The van der Waals surface area contributed by atoms with Gasteiger partial charge in [0, 0.05) is 23.5 Å². The molecule has 1 aliphatic rings. The molecule has 0 spiro atoms. The Morgan fingerprint density at radius 3 is 2.86 bits per heavy atom. The molecule has 3 heterocycles. The van der Waals surface area contributed by atoms with E-state index < -0.39 is 0 Å². The predicted octanol–water partition coefficient (Wildman–Crippen LogP) is 3.29. The number of hydrogen-bond donors (Lipinski definition) is 1. The molecule has 1 aromatic carbocycles. The molecule has 4 rings (SSSR count). The molecule has 0 bridgehead atoms. The summed E-state index contributed by atoms with van der Waals surface area (Å²) >= 11 is 0. The summed E-state index contributed by atoms with van der Waals surface area (Å²) in [7, 11) is 0. The van der Waals surface area contributed by atoms with Gasteiger partial charge in [0.05, 0.1) is 19.8 Å². The maximum atomic E-state index is 12.5. The Bertz CT molecular complexity index is 1010. The second kappa shape index (κ2) is 8.55. The van der Waals surface area contributed by atoms with Gasteiger partial charge in [0.25, 0.3) is 5.91 Å². The molecule has 1 unspecified atom stereocenters. The van der Waals surface area contributed by atoms with Crippen LogP contribution in [0.5, 0.6) is 5.88 Å². The number of amides is 1. The third-order valence-corrected chi connectivity index (χ3v) is 4.72. The van der Waals surface area contributed by atoms with Crippen LogP contribution in [0, 0.1) is 13.8 Å². The molecule has 3 aromatic rings. The number of anilines is 1. The SMILES string of the molecule is Cc1ccc(C(=O)Nc2cc(C)c3c(OCC4COCCO4)nccc3c2)nc1. The number of carbonyl (C=O) groups excluding carboxylic acids is 1. The maximum Gasteiger partial charge on any atom is 0.274 e. The summed E-state index contributed by atoms with van der Waals surface area (Å²) in [6.07, 6.45) is 3.28. The van der Waals surface area contributed by atoms with Crippen LogP contribution < -0.4 is 10.1 Å². The molecular weight excluding hydrogens is 370 g/mol. The van der Waals surface area contributed by atoms with Gasteiger partial charge >= 0.3 is 0 Å². The third kappa shape index (κ3) is 4.52. The number of nitrogens with zero attached hydrogens (tertiary/aromatic N) is 2. The number of carbonyl (C=O) groups is 1. The largest absolute Gasteiger partial charge is 0.474 e. The van der Waals surface area contributed by atoms with Gasteiger partial charge in [0.2, 0.25) is 5.88 Å². The summed E-state index contributed by atoms with van der Waals surface area (Å²) in [5, 5.41) is 4.76. The molecule has 1 N–H and O–H groups in total. The van der Waals surface area contributed by atoms with Crippen molar-refractivity contribution in [2.75, 3.05) is 31.7 Å². The first-order chi connectivity index (χ1) is 14.1. The molecule has 0 radical (unpaired) electrons. The number of benzene rings is 1. The van der Waals surface area contributed by atoms with Crippen molar-refractivity contribution >= 4 is 22.4 Å². The Morgan fingerprint density at radius 2 is 2.10 bits per heavy atom. The van der Waals surface area contributed by atoms with Crippen LogP contribution >= 0.6 is 0 Å². The molecule has 1 atom stereocenters. The van der Waals surface area contributed by atoms with Gasteiger partial charge in [-0.3, -0.25) is 9.78 Å². The average molecular weight is 393 g/mol. The first-order valence-corrected chi connectivity index (χ1v) is 9.55. The molecule has 150 valence electrons. The number of hydrogen-bond acceptors (Lipinski definition) is 6. The van der Waals surface area contributed by atoms with Gasteiger partial charge in [-0.2, -0.15) is 0 Å². The highest BCUT2D eigenvalue weighted by Crippen LogP contribution is 2.30. The lowest BCUT2D eigenvalue weighted by Gasteiger charge is -2.23. The Kier molecular flexibility index (Phi) is 5.69. The number of pyridine rings is 2. The van der Waals surface area contributed by atoms with Gasteiger partial charge in [-0.25, -0.2) is 4.98 Å². The molecule has 1 amide bonds. The number of aryl methyl sites for hydroxylation is 2. The van der Waals surface area contributed by atoms with Gasteiger partial charge in [-0.05, 0) is 54.6 Å². The Morgan fingerprint density at radius 1 is 1.21 bits per heavy atom. The third-order valence-electron chi connectivity index (χ3n) is 4.72. The molecule has 7 nitrogen and oxygen atoms in total. The number of nitrogens with one attached hydrogen (secondary N) is 1. The molecule has 0 aliphatic carbocycles. The van der Waals surface area contributed by atoms with E-state index in [0.717, 1.165) is 21.9 Å². The molecule has 2 aromatic heterocycles. The van der Waals surface area contributed by atoms with Crippen molar-refractivity contribution in [2.24, 2.45) is 0 Å². The molecule has 1 saturated heterocycles. The van der Waals surface area contributed by atoms with Gasteiger partial charge in [-0.1, -0.05) is 6.07 Å². The zero-order valence-electron chi connectivity index (χ0n) is 16.5. The summed E-state index contributed by atoms with van der Waals surface area (Å²) < 4.78 is 17.0. The minimum atomic E-state index is -0.247.